The molecule has 0 atom stereocenters. The molecule has 0 radical (unpaired) electrons. The standard InChI is InChI=1S/C30H31F3N4O3/c1-40-18-17-37(29(39)35-27-14-8-6-12-25(27)30(31,32)33)21-28(38)36(20-22-9-3-2-4-10-22)16-15-23-19-34-26-13-7-5-11-24(23)26/h2-14,19,34H,15-18,20-21H2,1H3,(H,35,39). The summed E-state index contributed by atoms with van der Waals surface area (Å²) in [7, 11) is 1.44. The third-order valence-corrected chi connectivity index (χ3v) is 6.55. The highest BCUT2D eigenvalue weighted by molar-refractivity contribution is 5.93. The predicted molar refractivity (Wildman–Crippen MR) is 148 cm³/mol. The van der Waals surface area contributed by atoms with Gasteiger partial charge in [-0.05, 0) is 35.7 Å². The van der Waals surface area contributed by atoms with E-state index in [4.69, 9.17) is 4.74 Å². The number of benzene rings is 3. The molecule has 0 saturated carbocycles. The van der Waals surface area contributed by atoms with Crippen LogP contribution < -0.4 is 5.32 Å². The van der Waals surface area contributed by atoms with E-state index in [2.05, 4.69) is 10.3 Å². The fourth-order valence-electron chi connectivity index (χ4n) is 4.44. The number of rotatable bonds is 11. The van der Waals surface area contributed by atoms with Gasteiger partial charge in [0, 0.05) is 43.8 Å². The number of urea groups is 1. The fourth-order valence-corrected chi connectivity index (χ4v) is 4.44. The second-order valence-electron chi connectivity index (χ2n) is 9.30. The molecule has 0 aliphatic heterocycles. The number of nitrogens with one attached hydrogen (secondary N) is 2. The van der Waals surface area contributed by atoms with Crippen LogP contribution in [0.3, 0.4) is 0 Å². The predicted octanol–water partition coefficient (Wildman–Crippen LogP) is 5.94. The highest BCUT2D eigenvalue weighted by Crippen LogP contribution is 2.34. The van der Waals surface area contributed by atoms with Crippen LogP contribution in [0.15, 0.2) is 85.1 Å². The number of ether oxygens (including phenoxy) is 1. The number of carbonyl (C=O) groups is 2. The molecule has 2 N–H and O–H groups in total. The fraction of sp³-hybridized carbons (Fsp3) is 0.267. The molecule has 0 aliphatic carbocycles. The van der Waals surface area contributed by atoms with Crippen LogP contribution in [0.1, 0.15) is 16.7 Å². The summed E-state index contributed by atoms with van der Waals surface area (Å²) in [6, 6.07) is 21.3. The van der Waals surface area contributed by atoms with E-state index in [0.717, 1.165) is 28.1 Å². The largest absolute Gasteiger partial charge is 0.418 e. The number of alkyl halides is 3. The van der Waals surface area contributed by atoms with Crippen LogP contribution in [0.4, 0.5) is 23.7 Å². The number of methoxy groups -OCH3 is 1. The van der Waals surface area contributed by atoms with Gasteiger partial charge in [0.1, 0.15) is 6.54 Å². The summed E-state index contributed by atoms with van der Waals surface area (Å²) >= 11 is 0. The zero-order chi connectivity index (χ0) is 28.5. The van der Waals surface area contributed by atoms with Gasteiger partial charge in [-0.15, -0.1) is 0 Å². The lowest BCUT2D eigenvalue weighted by Gasteiger charge is -2.28. The van der Waals surface area contributed by atoms with Crippen molar-refractivity contribution in [3.05, 3.63) is 102 Å². The average molecular weight is 553 g/mol. The molecule has 4 rings (SSSR count). The average Bonchev–Trinajstić information content (AvgIpc) is 3.36. The lowest BCUT2D eigenvalue weighted by molar-refractivity contribution is -0.137. The van der Waals surface area contributed by atoms with Crippen LogP contribution in [0.2, 0.25) is 0 Å². The molecule has 0 aliphatic rings. The van der Waals surface area contributed by atoms with E-state index < -0.39 is 17.8 Å². The number of H-pyrrole nitrogens is 1. The van der Waals surface area contributed by atoms with Gasteiger partial charge in [-0.25, -0.2) is 4.79 Å². The van der Waals surface area contributed by atoms with Crippen molar-refractivity contribution in [2.45, 2.75) is 19.1 Å². The third-order valence-electron chi connectivity index (χ3n) is 6.55. The molecule has 4 aromatic rings. The Bertz CT molecular complexity index is 1420. The molecule has 1 aromatic heterocycles. The van der Waals surface area contributed by atoms with Crippen molar-refractivity contribution in [2.24, 2.45) is 0 Å². The van der Waals surface area contributed by atoms with Crippen LogP contribution in [-0.4, -0.2) is 60.1 Å². The van der Waals surface area contributed by atoms with Crippen LogP contribution >= 0.6 is 0 Å². The van der Waals surface area contributed by atoms with E-state index in [9.17, 15) is 22.8 Å². The Kier molecular flexibility index (Phi) is 9.44. The van der Waals surface area contributed by atoms with Crippen molar-refractivity contribution in [1.82, 2.24) is 14.8 Å². The van der Waals surface area contributed by atoms with Gasteiger partial charge >= 0.3 is 12.2 Å². The van der Waals surface area contributed by atoms with Gasteiger partial charge in [-0.3, -0.25) is 4.79 Å². The van der Waals surface area contributed by atoms with Gasteiger partial charge in [0.25, 0.3) is 0 Å². The van der Waals surface area contributed by atoms with Gasteiger partial charge in [0.15, 0.2) is 0 Å². The van der Waals surface area contributed by atoms with Gasteiger partial charge in [0.2, 0.25) is 5.91 Å². The molecule has 0 spiro atoms. The van der Waals surface area contributed by atoms with Crippen molar-refractivity contribution >= 4 is 28.5 Å². The maximum atomic E-state index is 13.6. The maximum absolute atomic E-state index is 13.6. The Balaban J connectivity index is 1.52. The third kappa shape index (κ3) is 7.41. The normalized spacial score (nSPS) is 11.4. The lowest BCUT2D eigenvalue weighted by atomic mass is 10.1. The molecule has 1 heterocycles. The van der Waals surface area contributed by atoms with Crippen molar-refractivity contribution in [3.8, 4) is 0 Å². The zero-order valence-corrected chi connectivity index (χ0v) is 22.1. The zero-order valence-electron chi connectivity index (χ0n) is 22.1. The number of amides is 3. The summed E-state index contributed by atoms with van der Waals surface area (Å²) in [6.07, 6.45) is -2.15. The monoisotopic (exact) mass is 552 g/mol. The Hall–Kier alpha value is -4.31. The summed E-state index contributed by atoms with van der Waals surface area (Å²) in [5.74, 6) is -0.334. The van der Waals surface area contributed by atoms with Crippen LogP contribution in [0, 0.1) is 0 Å². The molecule has 210 valence electrons. The Morgan fingerprint density at radius 3 is 2.35 bits per heavy atom. The summed E-state index contributed by atoms with van der Waals surface area (Å²) in [5, 5.41) is 3.40. The minimum atomic E-state index is -4.65. The highest BCUT2D eigenvalue weighted by Gasteiger charge is 2.34. The smallest absolute Gasteiger partial charge is 0.383 e. The Morgan fingerprint density at radius 1 is 0.900 bits per heavy atom. The molecule has 0 fully saturated rings. The second kappa shape index (κ2) is 13.2. The number of halogens is 3. The van der Waals surface area contributed by atoms with Gasteiger partial charge < -0.3 is 24.8 Å². The quantitative estimate of drug-likeness (QED) is 0.242. The van der Waals surface area contributed by atoms with Crippen molar-refractivity contribution < 1.29 is 27.5 Å². The Labute approximate surface area is 230 Å². The number of carbonyl (C=O) groups excluding carboxylic acids is 2. The van der Waals surface area contributed by atoms with Crippen LogP contribution in [-0.2, 0) is 28.7 Å². The number of hydrogen-bond donors (Lipinski definition) is 2. The molecule has 0 saturated heterocycles. The first kappa shape index (κ1) is 28.7. The number of para-hydroxylation sites is 2. The van der Waals surface area contributed by atoms with Crippen molar-refractivity contribution in [1.29, 1.82) is 0 Å². The molecule has 0 bridgehead atoms. The maximum Gasteiger partial charge on any atom is 0.418 e. The number of aromatic nitrogens is 1. The minimum absolute atomic E-state index is 0.0177. The molecular formula is C30H31F3N4O3. The number of nitrogens with zero attached hydrogens (tertiary/aromatic N) is 2. The second-order valence-corrected chi connectivity index (χ2v) is 9.30. The van der Waals surface area contributed by atoms with Crippen molar-refractivity contribution in [2.75, 3.05) is 38.7 Å². The summed E-state index contributed by atoms with van der Waals surface area (Å²) in [6.45, 7) is 0.495. The van der Waals surface area contributed by atoms with Crippen LogP contribution in [0.5, 0.6) is 0 Å². The molecule has 10 heteroatoms. The molecule has 7 nitrogen and oxygen atoms in total. The summed E-state index contributed by atoms with van der Waals surface area (Å²) in [5.41, 5.74) is 1.63. The first-order chi connectivity index (χ1) is 19.3. The first-order valence-electron chi connectivity index (χ1n) is 12.8. The molecule has 40 heavy (non-hydrogen) atoms. The van der Waals surface area contributed by atoms with E-state index in [1.165, 1.54) is 30.2 Å². The lowest BCUT2D eigenvalue weighted by Crippen LogP contribution is -2.46. The SMILES string of the molecule is COCCN(CC(=O)N(CCc1c[nH]c2ccccc12)Cc1ccccc1)C(=O)Nc1ccccc1C(F)(F)F. The molecule has 0 unspecified atom stereocenters. The number of fused-ring (bicyclic) bond motifs is 1. The number of anilines is 1. The van der Waals surface area contributed by atoms with Crippen molar-refractivity contribution in [3.63, 3.8) is 0 Å². The molecule has 3 aromatic carbocycles. The number of hydrogen-bond acceptors (Lipinski definition) is 3. The van der Waals surface area contributed by atoms with E-state index >= 15 is 0 Å². The van der Waals surface area contributed by atoms with Gasteiger partial charge in [0.05, 0.1) is 17.9 Å². The van der Waals surface area contributed by atoms with Crippen LogP contribution in [0.25, 0.3) is 10.9 Å². The number of aromatic amines is 1. The summed E-state index contributed by atoms with van der Waals surface area (Å²) in [4.78, 5) is 32.8. The van der Waals surface area contributed by atoms with E-state index in [0.29, 0.717) is 19.5 Å². The topological polar surface area (TPSA) is 77.7 Å². The Morgan fingerprint density at radius 2 is 1.60 bits per heavy atom. The van der Waals surface area contributed by atoms with E-state index in [1.807, 2.05) is 60.8 Å². The first-order valence-corrected chi connectivity index (χ1v) is 12.8. The highest BCUT2D eigenvalue weighted by atomic mass is 19.4. The van der Waals surface area contributed by atoms with E-state index in [1.54, 1.807) is 4.90 Å². The van der Waals surface area contributed by atoms with Gasteiger partial charge in [-0.1, -0.05) is 60.7 Å². The summed E-state index contributed by atoms with van der Waals surface area (Å²) < 4.78 is 45.5. The van der Waals surface area contributed by atoms with E-state index in [-0.39, 0.29) is 31.3 Å². The molecular weight excluding hydrogens is 521 g/mol. The minimum Gasteiger partial charge on any atom is -0.383 e. The van der Waals surface area contributed by atoms with Gasteiger partial charge in [-0.2, -0.15) is 13.2 Å². The molecule has 3 amide bonds.